The van der Waals surface area contributed by atoms with Crippen LogP contribution in [0, 0.1) is 5.82 Å². The average molecular weight is 854 g/mol. The van der Waals surface area contributed by atoms with Crippen LogP contribution >= 0.6 is 23.4 Å². The number of hydroxylamine groups is 2. The quantitative estimate of drug-likeness (QED) is 0.0351. The van der Waals surface area contributed by atoms with E-state index in [1.54, 1.807) is 4.57 Å². The number of amides is 2. The van der Waals surface area contributed by atoms with Gasteiger partial charge in [-0.1, -0.05) is 36.7 Å². The summed E-state index contributed by atoms with van der Waals surface area (Å²) in [5.41, 5.74) is 7.10. The first-order chi connectivity index (χ1) is 27.4. The van der Waals surface area contributed by atoms with E-state index in [9.17, 15) is 31.9 Å². The first-order valence-electron chi connectivity index (χ1n) is 18.1. The number of nitrogens with two attached hydrogens (primary N) is 1. The molecule has 0 spiro atoms. The van der Waals surface area contributed by atoms with Crippen LogP contribution in [-0.4, -0.2) is 139 Å². The number of benzene rings is 1. The van der Waals surface area contributed by atoms with Gasteiger partial charge < -0.3 is 39.6 Å². The van der Waals surface area contributed by atoms with Gasteiger partial charge in [0, 0.05) is 31.7 Å². The van der Waals surface area contributed by atoms with Crippen LogP contribution in [0.3, 0.4) is 0 Å². The van der Waals surface area contributed by atoms with Crippen LogP contribution in [0.1, 0.15) is 38.2 Å². The minimum Gasteiger partial charge on any atom is -0.382 e. The van der Waals surface area contributed by atoms with Crippen molar-refractivity contribution in [2.75, 3.05) is 90.0 Å². The van der Waals surface area contributed by atoms with Gasteiger partial charge in [-0.3, -0.25) is 14.2 Å². The molecule has 2 aromatic heterocycles. The number of nitrogens with zero attached hydrogens (tertiary/aromatic N) is 5. The molecule has 0 saturated heterocycles. The largest absolute Gasteiger partial charge is 0.493 e. The summed E-state index contributed by atoms with van der Waals surface area (Å²) in [4.78, 5) is 54.6. The highest BCUT2D eigenvalue weighted by atomic mass is 35.5. The Hall–Kier alpha value is -3.86. The lowest BCUT2D eigenvalue weighted by atomic mass is 10.2. The number of unbranched alkanes of at least 4 members (excludes halogenated alkanes) is 3. The molecule has 3 aromatic rings. The molecule has 2 heterocycles. The van der Waals surface area contributed by atoms with Gasteiger partial charge in [0.15, 0.2) is 28.2 Å². The molecule has 3 rings (SSSR count). The molecule has 0 aliphatic rings. The SMILES string of the molecule is CC(=O)N(OC(=O)C(F)(F)F)[C@@H](CSc1nc2c(N)ncnc2n1Cc1ccc(F)cc1)C(=O)NCCOCCOCCOCCOCCOCCCCCCCl. The summed E-state index contributed by atoms with van der Waals surface area (Å²) in [6.45, 7) is 4.35. The summed E-state index contributed by atoms with van der Waals surface area (Å²) in [6, 6.07) is 3.80. The van der Waals surface area contributed by atoms with Crippen LogP contribution < -0.4 is 11.1 Å². The van der Waals surface area contributed by atoms with Crippen molar-refractivity contribution in [3.8, 4) is 0 Å². The second-order valence-electron chi connectivity index (χ2n) is 12.0. The molecule has 0 bridgehead atoms. The topological polar surface area (TPSA) is 191 Å². The van der Waals surface area contributed by atoms with Gasteiger partial charge in [0.2, 0.25) is 5.91 Å². The second kappa shape index (κ2) is 26.2. The number of halogens is 5. The number of rotatable bonds is 28. The van der Waals surface area contributed by atoms with Gasteiger partial charge in [-0.25, -0.2) is 24.1 Å². The molecule has 318 valence electrons. The first-order valence-corrected chi connectivity index (χ1v) is 19.6. The molecule has 0 unspecified atom stereocenters. The predicted octanol–water partition coefficient (Wildman–Crippen LogP) is 3.92. The number of imidazole rings is 1. The Morgan fingerprint density at radius 2 is 1.46 bits per heavy atom. The Labute approximate surface area is 336 Å². The van der Waals surface area contributed by atoms with Crippen molar-refractivity contribution in [2.45, 2.75) is 56.5 Å². The minimum atomic E-state index is -5.46. The van der Waals surface area contributed by atoms with E-state index in [2.05, 4.69) is 25.1 Å². The number of anilines is 1. The zero-order chi connectivity index (χ0) is 41.5. The summed E-state index contributed by atoms with van der Waals surface area (Å²) in [5, 5.41) is 2.72. The molecular formula is C35H48ClF4N7O9S. The van der Waals surface area contributed by atoms with Gasteiger partial charge in [0.25, 0.3) is 5.91 Å². The Bertz CT molecular complexity index is 1660. The summed E-state index contributed by atoms with van der Waals surface area (Å²) in [6.07, 6.45) is -0.0246. The lowest BCUT2D eigenvalue weighted by Gasteiger charge is -2.28. The van der Waals surface area contributed by atoms with E-state index >= 15 is 0 Å². The molecule has 3 N–H and O–H groups in total. The number of alkyl halides is 4. The Morgan fingerprint density at radius 1 is 0.877 bits per heavy atom. The molecule has 22 heteroatoms. The van der Waals surface area contributed by atoms with E-state index < -0.39 is 41.6 Å². The maximum atomic E-state index is 13.6. The minimum absolute atomic E-state index is 0.0195. The van der Waals surface area contributed by atoms with E-state index in [0.717, 1.165) is 44.4 Å². The summed E-state index contributed by atoms with van der Waals surface area (Å²) in [5.74, 6) is -4.99. The number of nitrogens with one attached hydrogen (secondary N) is 1. The van der Waals surface area contributed by atoms with Crippen LogP contribution in [0.2, 0.25) is 0 Å². The zero-order valence-corrected chi connectivity index (χ0v) is 33.1. The molecule has 0 radical (unpaired) electrons. The summed E-state index contributed by atoms with van der Waals surface area (Å²) in [7, 11) is 0. The molecule has 0 fully saturated rings. The van der Waals surface area contributed by atoms with Gasteiger partial charge in [0.05, 0.1) is 66.0 Å². The van der Waals surface area contributed by atoms with Crippen molar-refractivity contribution in [1.29, 1.82) is 0 Å². The van der Waals surface area contributed by atoms with E-state index in [4.69, 9.17) is 41.0 Å². The van der Waals surface area contributed by atoms with Crippen LogP contribution in [0.4, 0.5) is 23.4 Å². The van der Waals surface area contributed by atoms with Crippen LogP contribution in [0.15, 0.2) is 35.7 Å². The zero-order valence-electron chi connectivity index (χ0n) is 31.5. The third-order valence-electron chi connectivity index (χ3n) is 7.66. The third-order valence-corrected chi connectivity index (χ3v) is 8.98. The van der Waals surface area contributed by atoms with Crippen LogP contribution in [0.25, 0.3) is 11.2 Å². The van der Waals surface area contributed by atoms with Crippen LogP contribution in [0.5, 0.6) is 0 Å². The number of ether oxygens (including phenoxy) is 5. The van der Waals surface area contributed by atoms with E-state index in [0.29, 0.717) is 57.7 Å². The second-order valence-corrected chi connectivity index (χ2v) is 13.4. The number of thioether (sulfide) groups is 1. The van der Waals surface area contributed by atoms with E-state index in [1.807, 2.05) is 0 Å². The lowest BCUT2D eigenvalue weighted by molar-refractivity contribution is -0.241. The highest BCUT2D eigenvalue weighted by Gasteiger charge is 2.45. The molecule has 16 nitrogen and oxygen atoms in total. The van der Waals surface area contributed by atoms with Crippen molar-refractivity contribution in [3.05, 3.63) is 42.0 Å². The predicted molar refractivity (Wildman–Crippen MR) is 201 cm³/mol. The molecule has 0 aliphatic heterocycles. The Morgan fingerprint density at radius 3 is 2.04 bits per heavy atom. The normalized spacial score (nSPS) is 12.2. The number of aromatic nitrogens is 4. The fourth-order valence-electron chi connectivity index (χ4n) is 4.85. The van der Waals surface area contributed by atoms with Crippen molar-refractivity contribution >= 4 is 58.1 Å². The monoisotopic (exact) mass is 853 g/mol. The lowest BCUT2D eigenvalue weighted by Crippen LogP contribution is -2.52. The number of nitrogen functional groups attached to an aromatic ring is 1. The fourth-order valence-corrected chi connectivity index (χ4v) is 6.09. The number of carbonyl (C=O) groups is 3. The average Bonchev–Trinajstić information content (AvgIpc) is 3.53. The van der Waals surface area contributed by atoms with E-state index in [1.165, 1.54) is 30.6 Å². The molecule has 2 amide bonds. The number of carbonyl (C=O) groups excluding carboxylic acids is 3. The smallest absolute Gasteiger partial charge is 0.382 e. The molecule has 0 aliphatic carbocycles. The van der Waals surface area contributed by atoms with Gasteiger partial charge in [0.1, 0.15) is 12.1 Å². The van der Waals surface area contributed by atoms with Crippen molar-refractivity contribution in [2.24, 2.45) is 0 Å². The highest BCUT2D eigenvalue weighted by molar-refractivity contribution is 7.99. The van der Waals surface area contributed by atoms with Crippen molar-refractivity contribution in [3.63, 3.8) is 0 Å². The van der Waals surface area contributed by atoms with Crippen molar-refractivity contribution in [1.82, 2.24) is 29.9 Å². The Balaban J connectivity index is 1.45. The third kappa shape index (κ3) is 17.7. The van der Waals surface area contributed by atoms with E-state index in [-0.39, 0.29) is 60.1 Å². The van der Waals surface area contributed by atoms with Crippen molar-refractivity contribution < 1.29 is 60.5 Å². The number of fused-ring (bicyclic) bond motifs is 1. The summed E-state index contributed by atoms with van der Waals surface area (Å²) >= 11 is 6.49. The van der Waals surface area contributed by atoms with Gasteiger partial charge in [-0.15, -0.1) is 11.6 Å². The standard InChI is InChI=1S/C35H48ClF4N7O9S/c1-25(48)47(56-33(50)35(38,39)40)28(23-57-34-45-29-30(41)43-24-44-31(29)46(34)22-26-6-8-27(37)9-7-26)32(49)42-11-13-52-15-17-54-19-21-55-20-18-53-16-14-51-12-5-3-2-4-10-36/h6-9,24,28H,2-5,10-23H2,1H3,(H,42,49)(H2,41,43,44)/t28-/m0/s1. The maximum Gasteiger partial charge on any atom is 0.493 e. The first kappa shape index (κ1) is 47.5. The van der Waals surface area contributed by atoms with Gasteiger partial charge in [-0.2, -0.15) is 18.2 Å². The number of hydrogen-bond acceptors (Lipinski definition) is 14. The van der Waals surface area contributed by atoms with Crippen LogP contribution in [-0.2, 0) is 49.5 Å². The highest BCUT2D eigenvalue weighted by Crippen LogP contribution is 2.28. The summed E-state index contributed by atoms with van der Waals surface area (Å²) < 4.78 is 82.0. The molecule has 1 atom stereocenters. The fraction of sp³-hybridized carbons (Fsp3) is 0.600. The Kier molecular flexibility index (Phi) is 21.8. The van der Waals surface area contributed by atoms with Gasteiger partial charge in [-0.05, 0) is 30.5 Å². The molecule has 1 aromatic carbocycles. The number of hydrogen-bond donors (Lipinski definition) is 2. The molecule has 0 saturated carbocycles. The van der Waals surface area contributed by atoms with Gasteiger partial charge >= 0.3 is 12.1 Å². The molecule has 57 heavy (non-hydrogen) atoms. The molecular weight excluding hydrogens is 806 g/mol. The maximum absolute atomic E-state index is 13.6.